The van der Waals surface area contributed by atoms with Crippen LogP contribution in [0.4, 0.5) is 10.3 Å². The summed E-state index contributed by atoms with van der Waals surface area (Å²) >= 11 is 3.15. The highest BCUT2D eigenvalue weighted by molar-refractivity contribution is 9.10. The number of hydrogen-bond acceptors (Lipinski definition) is 3. The summed E-state index contributed by atoms with van der Waals surface area (Å²) in [6, 6.07) is 12.0. The SMILES string of the molecule is N#Cc1cccc(-n2c(N)nc3cc(F)c(Br)cc32)c1. The van der Waals surface area contributed by atoms with E-state index in [4.69, 9.17) is 11.0 Å². The summed E-state index contributed by atoms with van der Waals surface area (Å²) in [4.78, 5) is 4.14. The molecule has 0 amide bonds. The second-order valence-corrected chi connectivity index (χ2v) is 5.08. The molecule has 0 atom stereocenters. The monoisotopic (exact) mass is 330 g/mol. The van der Waals surface area contributed by atoms with Crippen LogP contribution in [0.2, 0.25) is 0 Å². The lowest BCUT2D eigenvalue weighted by molar-refractivity contribution is 0.623. The standard InChI is InChI=1S/C14H8BrFN4/c15-10-5-13-12(6-11(10)16)19-14(18)20(13)9-3-1-2-8(4-9)7-17/h1-6H,(H2,18,19). The van der Waals surface area contributed by atoms with Crippen molar-refractivity contribution in [3.63, 3.8) is 0 Å². The number of rotatable bonds is 1. The van der Waals surface area contributed by atoms with E-state index in [9.17, 15) is 4.39 Å². The van der Waals surface area contributed by atoms with Crippen LogP contribution in [-0.4, -0.2) is 9.55 Å². The minimum absolute atomic E-state index is 0.243. The number of nitrogens with two attached hydrogens (primary N) is 1. The topological polar surface area (TPSA) is 67.6 Å². The van der Waals surface area contributed by atoms with Crippen LogP contribution in [-0.2, 0) is 0 Å². The number of nitrogens with zero attached hydrogens (tertiary/aromatic N) is 3. The second-order valence-electron chi connectivity index (χ2n) is 4.22. The van der Waals surface area contributed by atoms with E-state index in [0.717, 1.165) is 0 Å². The highest BCUT2D eigenvalue weighted by Crippen LogP contribution is 2.28. The van der Waals surface area contributed by atoms with Crippen molar-refractivity contribution in [2.24, 2.45) is 0 Å². The molecule has 0 saturated carbocycles. The van der Waals surface area contributed by atoms with Crippen molar-refractivity contribution in [3.05, 3.63) is 52.3 Å². The molecule has 0 aliphatic heterocycles. The molecule has 0 spiro atoms. The molecule has 1 heterocycles. The Hall–Kier alpha value is -2.39. The van der Waals surface area contributed by atoms with Crippen molar-refractivity contribution in [1.82, 2.24) is 9.55 Å². The number of nitrogen functional groups attached to an aromatic ring is 1. The molecule has 20 heavy (non-hydrogen) atoms. The van der Waals surface area contributed by atoms with Gasteiger partial charge in [-0.2, -0.15) is 5.26 Å². The van der Waals surface area contributed by atoms with Gasteiger partial charge in [0.15, 0.2) is 0 Å². The molecule has 2 N–H and O–H groups in total. The summed E-state index contributed by atoms with van der Waals surface area (Å²) < 4.78 is 15.5. The Labute approximate surface area is 122 Å². The Kier molecular flexibility index (Phi) is 2.92. The lowest BCUT2D eigenvalue weighted by Gasteiger charge is -2.07. The Morgan fingerprint density at radius 2 is 2.10 bits per heavy atom. The molecule has 0 aliphatic rings. The summed E-state index contributed by atoms with van der Waals surface area (Å²) in [5.74, 6) is -0.152. The van der Waals surface area contributed by atoms with Crippen LogP contribution in [0.3, 0.4) is 0 Å². The maximum absolute atomic E-state index is 13.5. The van der Waals surface area contributed by atoms with Gasteiger partial charge < -0.3 is 5.73 Å². The Bertz CT molecular complexity index is 863. The van der Waals surface area contributed by atoms with Crippen LogP contribution in [0.5, 0.6) is 0 Å². The molecule has 0 radical (unpaired) electrons. The van der Waals surface area contributed by atoms with Gasteiger partial charge >= 0.3 is 0 Å². The zero-order valence-corrected chi connectivity index (χ0v) is 11.7. The van der Waals surface area contributed by atoms with Crippen molar-refractivity contribution in [1.29, 1.82) is 5.26 Å². The first kappa shape index (κ1) is 12.6. The first-order valence-electron chi connectivity index (χ1n) is 5.73. The number of hydrogen-bond donors (Lipinski definition) is 1. The number of nitriles is 1. The van der Waals surface area contributed by atoms with Crippen LogP contribution < -0.4 is 5.73 Å². The number of anilines is 1. The van der Waals surface area contributed by atoms with E-state index in [-0.39, 0.29) is 5.95 Å². The molecular formula is C14H8BrFN4. The minimum Gasteiger partial charge on any atom is -0.369 e. The van der Waals surface area contributed by atoms with E-state index in [1.807, 2.05) is 6.07 Å². The van der Waals surface area contributed by atoms with E-state index in [1.54, 1.807) is 28.8 Å². The number of fused-ring (bicyclic) bond motifs is 1. The predicted molar refractivity (Wildman–Crippen MR) is 77.9 cm³/mol. The largest absolute Gasteiger partial charge is 0.369 e. The molecule has 6 heteroatoms. The highest BCUT2D eigenvalue weighted by Gasteiger charge is 2.13. The molecule has 2 aromatic carbocycles. The highest BCUT2D eigenvalue weighted by atomic mass is 79.9. The summed E-state index contributed by atoms with van der Waals surface area (Å²) in [7, 11) is 0. The van der Waals surface area contributed by atoms with Gasteiger partial charge in [0.1, 0.15) is 5.82 Å². The van der Waals surface area contributed by atoms with Gasteiger partial charge in [0.05, 0.1) is 32.8 Å². The average molecular weight is 331 g/mol. The molecule has 3 aromatic rings. The normalized spacial score (nSPS) is 10.7. The second kappa shape index (κ2) is 4.62. The van der Waals surface area contributed by atoms with Gasteiger partial charge in [0.25, 0.3) is 0 Å². The van der Waals surface area contributed by atoms with Crippen molar-refractivity contribution in [2.75, 3.05) is 5.73 Å². The quantitative estimate of drug-likeness (QED) is 0.743. The molecule has 0 unspecified atom stereocenters. The fourth-order valence-corrected chi connectivity index (χ4v) is 2.41. The molecule has 0 saturated heterocycles. The van der Waals surface area contributed by atoms with E-state index < -0.39 is 5.82 Å². The zero-order chi connectivity index (χ0) is 14.3. The van der Waals surface area contributed by atoms with E-state index in [0.29, 0.717) is 26.8 Å². The molecule has 4 nitrogen and oxygen atoms in total. The van der Waals surface area contributed by atoms with Crippen LogP contribution in [0.25, 0.3) is 16.7 Å². The van der Waals surface area contributed by atoms with Crippen LogP contribution in [0, 0.1) is 17.1 Å². The fourth-order valence-electron chi connectivity index (χ4n) is 2.08. The third-order valence-corrected chi connectivity index (χ3v) is 3.56. The Morgan fingerprint density at radius 3 is 2.85 bits per heavy atom. The van der Waals surface area contributed by atoms with E-state index in [1.165, 1.54) is 6.07 Å². The van der Waals surface area contributed by atoms with E-state index >= 15 is 0 Å². The van der Waals surface area contributed by atoms with Gasteiger partial charge in [0.2, 0.25) is 5.95 Å². The fraction of sp³-hybridized carbons (Fsp3) is 0. The van der Waals surface area contributed by atoms with Gasteiger partial charge in [-0.15, -0.1) is 0 Å². The van der Waals surface area contributed by atoms with E-state index in [2.05, 4.69) is 27.0 Å². The Balaban J connectivity index is 2.33. The molecule has 3 rings (SSSR count). The maximum Gasteiger partial charge on any atom is 0.205 e. The minimum atomic E-state index is -0.395. The number of aromatic nitrogens is 2. The smallest absolute Gasteiger partial charge is 0.205 e. The van der Waals surface area contributed by atoms with Crippen molar-refractivity contribution in [2.45, 2.75) is 0 Å². The number of benzene rings is 2. The molecule has 1 aromatic heterocycles. The van der Waals surface area contributed by atoms with Gasteiger partial charge in [-0.05, 0) is 40.2 Å². The Morgan fingerprint density at radius 1 is 1.30 bits per heavy atom. The van der Waals surface area contributed by atoms with Gasteiger partial charge in [0, 0.05) is 6.07 Å². The molecule has 0 aliphatic carbocycles. The summed E-state index contributed by atoms with van der Waals surface area (Å²) in [5.41, 5.74) is 8.27. The first-order chi connectivity index (χ1) is 9.60. The van der Waals surface area contributed by atoms with Crippen molar-refractivity contribution >= 4 is 32.9 Å². The number of halogens is 2. The van der Waals surface area contributed by atoms with Gasteiger partial charge in [-0.3, -0.25) is 4.57 Å². The lowest BCUT2D eigenvalue weighted by Crippen LogP contribution is -2.00. The predicted octanol–water partition coefficient (Wildman–Crippen LogP) is 3.38. The summed E-state index contributed by atoms with van der Waals surface area (Å²) in [5, 5.41) is 8.96. The van der Waals surface area contributed by atoms with Crippen LogP contribution in [0.15, 0.2) is 40.9 Å². The molecule has 0 bridgehead atoms. The maximum atomic E-state index is 13.5. The van der Waals surface area contributed by atoms with Crippen LogP contribution >= 0.6 is 15.9 Å². The molecule has 0 fully saturated rings. The third kappa shape index (κ3) is 1.92. The summed E-state index contributed by atoms with van der Waals surface area (Å²) in [6.07, 6.45) is 0. The van der Waals surface area contributed by atoms with Crippen LogP contribution in [0.1, 0.15) is 5.56 Å². The molecular weight excluding hydrogens is 323 g/mol. The number of imidazole rings is 1. The zero-order valence-electron chi connectivity index (χ0n) is 10.1. The third-order valence-electron chi connectivity index (χ3n) is 2.96. The molecule has 98 valence electrons. The lowest BCUT2D eigenvalue weighted by atomic mass is 10.2. The van der Waals surface area contributed by atoms with Crippen molar-refractivity contribution in [3.8, 4) is 11.8 Å². The average Bonchev–Trinajstić information content (AvgIpc) is 2.74. The first-order valence-corrected chi connectivity index (χ1v) is 6.53. The van der Waals surface area contributed by atoms with Gasteiger partial charge in [-0.1, -0.05) is 6.07 Å². The van der Waals surface area contributed by atoms with Gasteiger partial charge in [-0.25, -0.2) is 9.37 Å². The van der Waals surface area contributed by atoms with Crippen molar-refractivity contribution < 1.29 is 4.39 Å². The summed E-state index contributed by atoms with van der Waals surface area (Å²) in [6.45, 7) is 0.